The summed E-state index contributed by atoms with van der Waals surface area (Å²) in [7, 11) is 1.41. The molecule has 0 bridgehead atoms. The maximum absolute atomic E-state index is 12.4. The van der Waals surface area contributed by atoms with E-state index in [1.54, 1.807) is 11.3 Å². The molecule has 0 aliphatic heterocycles. The fourth-order valence-corrected chi connectivity index (χ4v) is 4.87. The third kappa shape index (κ3) is 6.11. The monoisotopic (exact) mass is 379 g/mol. The van der Waals surface area contributed by atoms with Crippen LogP contribution in [-0.2, 0) is 22.4 Å². The number of aryl methyl sites for hydroxylation is 1. The van der Waals surface area contributed by atoms with E-state index < -0.39 is 0 Å². The van der Waals surface area contributed by atoms with Crippen molar-refractivity contribution in [2.24, 2.45) is 0 Å². The fraction of sp³-hybridized carbons (Fsp3) is 0.714. The molecule has 0 spiro atoms. The van der Waals surface area contributed by atoms with Crippen molar-refractivity contribution in [2.75, 3.05) is 12.4 Å². The maximum atomic E-state index is 12.4. The molecule has 0 unspecified atom stereocenters. The minimum absolute atomic E-state index is 0.0138. The van der Waals surface area contributed by atoms with E-state index >= 15 is 0 Å². The molecular weight excluding hydrogens is 346 g/mol. The van der Waals surface area contributed by atoms with Gasteiger partial charge in [0.05, 0.1) is 12.7 Å². The van der Waals surface area contributed by atoms with Crippen LogP contribution in [0.15, 0.2) is 0 Å². The molecule has 146 valence electrons. The molecule has 0 radical (unpaired) electrons. The molecule has 1 aromatic rings. The summed E-state index contributed by atoms with van der Waals surface area (Å²) in [5, 5.41) is 3.70. The Labute approximate surface area is 161 Å². The second-order valence-corrected chi connectivity index (χ2v) is 8.28. The molecule has 2 rings (SSSR count). The van der Waals surface area contributed by atoms with Gasteiger partial charge in [0.1, 0.15) is 5.00 Å². The highest BCUT2D eigenvalue weighted by atomic mass is 32.1. The van der Waals surface area contributed by atoms with E-state index in [1.807, 2.05) is 0 Å². The van der Waals surface area contributed by atoms with Gasteiger partial charge in [0.2, 0.25) is 5.91 Å². The zero-order chi connectivity index (χ0) is 18.8. The van der Waals surface area contributed by atoms with Crippen LogP contribution in [0.5, 0.6) is 0 Å². The molecule has 0 saturated carbocycles. The van der Waals surface area contributed by atoms with E-state index in [-0.39, 0.29) is 11.9 Å². The molecular formula is C21H33NO3S. The summed E-state index contributed by atoms with van der Waals surface area (Å²) in [6.07, 6.45) is 14.1. The van der Waals surface area contributed by atoms with E-state index in [9.17, 15) is 9.59 Å². The van der Waals surface area contributed by atoms with Gasteiger partial charge in [0.25, 0.3) is 0 Å². The highest BCUT2D eigenvalue weighted by molar-refractivity contribution is 7.17. The number of carbonyl (C=O) groups excluding carboxylic acids is 2. The van der Waals surface area contributed by atoms with Crippen LogP contribution in [0, 0.1) is 0 Å². The summed E-state index contributed by atoms with van der Waals surface area (Å²) in [6.45, 7) is 2.21. The minimum atomic E-state index is -0.321. The van der Waals surface area contributed by atoms with Crippen LogP contribution >= 0.6 is 11.3 Å². The van der Waals surface area contributed by atoms with Crippen molar-refractivity contribution in [3.8, 4) is 0 Å². The van der Waals surface area contributed by atoms with E-state index in [4.69, 9.17) is 4.74 Å². The van der Waals surface area contributed by atoms with Gasteiger partial charge >= 0.3 is 5.97 Å². The largest absolute Gasteiger partial charge is 0.465 e. The summed E-state index contributed by atoms with van der Waals surface area (Å²) in [4.78, 5) is 25.9. The lowest BCUT2D eigenvalue weighted by atomic mass is 9.96. The molecule has 0 atom stereocenters. The number of hydrogen-bond donors (Lipinski definition) is 1. The van der Waals surface area contributed by atoms with Gasteiger partial charge in [-0.05, 0) is 37.7 Å². The fourth-order valence-electron chi connectivity index (χ4n) is 3.58. The second kappa shape index (κ2) is 11.4. The second-order valence-electron chi connectivity index (χ2n) is 7.18. The van der Waals surface area contributed by atoms with Crippen molar-refractivity contribution >= 4 is 28.2 Å². The molecule has 26 heavy (non-hydrogen) atoms. The number of rotatable bonds is 9. The standard InChI is InChI=1S/C21H33NO3S/c1-3-4-5-6-7-12-15-18(23)22-20-19(21(24)25-2)16-13-10-8-9-11-14-17(16)26-20/h3-15H2,1-2H3,(H,22,23). The summed E-state index contributed by atoms with van der Waals surface area (Å²) >= 11 is 1.57. The normalized spacial score (nSPS) is 14.2. The number of methoxy groups -OCH3 is 1. The van der Waals surface area contributed by atoms with Crippen molar-refractivity contribution in [1.29, 1.82) is 0 Å². The lowest BCUT2D eigenvalue weighted by molar-refractivity contribution is -0.116. The molecule has 5 heteroatoms. The van der Waals surface area contributed by atoms with Gasteiger partial charge in [-0.2, -0.15) is 0 Å². The lowest BCUT2D eigenvalue weighted by Gasteiger charge is -2.11. The first-order chi connectivity index (χ1) is 12.7. The zero-order valence-electron chi connectivity index (χ0n) is 16.3. The van der Waals surface area contributed by atoms with Crippen LogP contribution in [0.1, 0.15) is 98.4 Å². The average Bonchev–Trinajstić information content (AvgIpc) is 2.93. The Balaban J connectivity index is 1.99. The first-order valence-corrected chi connectivity index (χ1v) is 11.0. The quantitative estimate of drug-likeness (QED) is 0.430. The van der Waals surface area contributed by atoms with Crippen molar-refractivity contribution in [1.82, 2.24) is 0 Å². The van der Waals surface area contributed by atoms with Gasteiger partial charge in [0.15, 0.2) is 0 Å². The van der Waals surface area contributed by atoms with Gasteiger partial charge in [0, 0.05) is 11.3 Å². The molecule has 1 heterocycles. The Morgan fingerprint density at radius 1 is 1.00 bits per heavy atom. The smallest absolute Gasteiger partial charge is 0.341 e. The first kappa shape index (κ1) is 20.9. The molecule has 4 nitrogen and oxygen atoms in total. The maximum Gasteiger partial charge on any atom is 0.341 e. The molecule has 1 aliphatic rings. The Bertz CT molecular complexity index is 594. The Kier molecular flexibility index (Phi) is 9.16. The number of anilines is 1. The topological polar surface area (TPSA) is 55.4 Å². The zero-order valence-corrected chi connectivity index (χ0v) is 17.1. The molecule has 0 saturated heterocycles. The van der Waals surface area contributed by atoms with Crippen LogP contribution in [0.25, 0.3) is 0 Å². The number of thiophene rings is 1. The highest BCUT2D eigenvalue weighted by Gasteiger charge is 2.25. The SMILES string of the molecule is CCCCCCCCC(=O)Nc1sc2c(c1C(=O)OC)CCCCCC2. The van der Waals surface area contributed by atoms with Crippen LogP contribution in [0.3, 0.4) is 0 Å². The molecule has 1 aliphatic carbocycles. The van der Waals surface area contributed by atoms with E-state index in [1.165, 1.54) is 50.5 Å². The average molecular weight is 380 g/mol. The number of ether oxygens (including phenoxy) is 1. The van der Waals surface area contributed by atoms with Crippen LogP contribution in [0.2, 0.25) is 0 Å². The Hall–Kier alpha value is -1.36. The van der Waals surface area contributed by atoms with Gasteiger partial charge in [-0.3, -0.25) is 4.79 Å². The number of amides is 1. The van der Waals surface area contributed by atoms with Gasteiger partial charge in [-0.1, -0.05) is 51.9 Å². The third-order valence-electron chi connectivity index (χ3n) is 5.07. The van der Waals surface area contributed by atoms with Crippen molar-refractivity contribution < 1.29 is 14.3 Å². The van der Waals surface area contributed by atoms with Gasteiger partial charge in [-0.25, -0.2) is 4.79 Å². The van der Waals surface area contributed by atoms with E-state index in [2.05, 4.69) is 12.2 Å². The summed E-state index contributed by atoms with van der Waals surface area (Å²) in [5.74, 6) is -0.308. The molecule has 1 N–H and O–H groups in total. The minimum Gasteiger partial charge on any atom is -0.465 e. The van der Waals surface area contributed by atoms with Crippen LogP contribution < -0.4 is 5.32 Å². The van der Waals surface area contributed by atoms with Crippen molar-refractivity contribution in [2.45, 2.75) is 90.4 Å². The van der Waals surface area contributed by atoms with E-state index in [0.717, 1.165) is 44.1 Å². The number of unbranched alkanes of at least 4 members (excludes halogenated alkanes) is 5. The van der Waals surface area contributed by atoms with Crippen LogP contribution in [0.4, 0.5) is 5.00 Å². The summed E-state index contributed by atoms with van der Waals surface area (Å²) < 4.78 is 5.01. The Morgan fingerprint density at radius 2 is 1.69 bits per heavy atom. The third-order valence-corrected chi connectivity index (χ3v) is 6.28. The number of esters is 1. The van der Waals surface area contributed by atoms with Crippen molar-refractivity contribution in [3.05, 3.63) is 16.0 Å². The number of hydrogen-bond acceptors (Lipinski definition) is 4. The molecule has 1 aromatic heterocycles. The van der Waals surface area contributed by atoms with Crippen molar-refractivity contribution in [3.63, 3.8) is 0 Å². The predicted molar refractivity (Wildman–Crippen MR) is 108 cm³/mol. The lowest BCUT2D eigenvalue weighted by Crippen LogP contribution is -2.14. The molecule has 0 fully saturated rings. The summed E-state index contributed by atoms with van der Waals surface area (Å²) in [5.41, 5.74) is 1.71. The van der Waals surface area contributed by atoms with Gasteiger partial charge < -0.3 is 10.1 Å². The van der Waals surface area contributed by atoms with Gasteiger partial charge in [-0.15, -0.1) is 11.3 Å². The molecule has 1 amide bonds. The Morgan fingerprint density at radius 3 is 2.42 bits per heavy atom. The number of fused-ring (bicyclic) bond motifs is 1. The highest BCUT2D eigenvalue weighted by Crippen LogP contribution is 2.37. The number of carbonyl (C=O) groups is 2. The van der Waals surface area contributed by atoms with Crippen LogP contribution in [-0.4, -0.2) is 19.0 Å². The first-order valence-electron chi connectivity index (χ1n) is 10.2. The predicted octanol–water partition coefficient (Wildman–Crippen LogP) is 5.88. The molecule has 0 aromatic carbocycles. The van der Waals surface area contributed by atoms with E-state index in [0.29, 0.717) is 17.0 Å². The number of nitrogens with one attached hydrogen (secondary N) is 1. The summed E-state index contributed by atoms with van der Waals surface area (Å²) in [6, 6.07) is 0.